The number of carbonyl (C=O) groups excluding carboxylic acids is 2. The number of carbonyl (C=O) groups is 2. The smallest absolute Gasteiger partial charge is 0.338 e. The van der Waals surface area contributed by atoms with Crippen molar-refractivity contribution in [2.45, 2.75) is 82.2 Å². The number of fused-ring (bicyclic) bond motifs is 1. The van der Waals surface area contributed by atoms with Crippen molar-refractivity contribution >= 4 is 11.9 Å². The minimum atomic E-state index is -0.605. The molecule has 6 nitrogen and oxygen atoms in total. The fraction of sp³-hybridized carbons (Fsp3) is 0.533. The van der Waals surface area contributed by atoms with Crippen LogP contribution in [0.3, 0.4) is 0 Å². The van der Waals surface area contributed by atoms with Crippen molar-refractivity contribution in [1.29, 1.82) is 0 Å². The van der Waals surface area contributed by atoms with Crippen molar-refractivity contribution in [1.82, 2.24) is 0 Å². The number of benzene rings is 2. The third kappa shape index (κ3) is 5.35. The summed E-state index contributed by atoms with van der Waals surface area (Å²) in [7, 11) is 0. The van der Waals surface area contributed by atoms with E-state index in [0.29, 0.717) is 50.9 Å². The summed E-state index contributed by atoms with van der Waals surface area (Å²) in [5.74, 6) is -1.02. The Morgan fingerprint density at radius 1 is 0.944 bits per heavy atom. The molecule has 2 aromatic rings. The van der Waals surface area contributed by atoms with Crippen molar-refractivity contribution in [3.8, 4) is 11.1 Å². The first-order chi connectivity index (χ1) is 17.5. The lowest BCUT2D eigenvalue weighted by atomic mass is 9.84. The van der Waals surface area contributed by atoms with Gasteiger partial charge in [-0.05, 0) is 42.5 Å². The van der Waals surface area contributed by atoms with Crippen molar-refractivity contribution in [2.24, 2.45) is 5.92 Å². The Balaban J connectivity index is 1.22. The molecular formula is C30H36O6. The van der Waals surface area contributed by atoms with Gasteiger partial charge in [0.05, 0.1) is 25.2 Å². The fourth-order valence-electron chi connectivity index (χ4n) is 6.08. The van der Waals surface area contributed by atoms with E-state index in [2.05, 4.69) is 6.92 Å². The number of rotatable bonds is 10. The molecular weight excluding hydrogens is 456 g/mol. The Bertz CT molecular complexity index is 1040. The molecule has 2 saturated heterocycles. The van der Waals surface area contributed by atoms with E-state index < -0.39 is 11.4 Å². The van der Waals surface area contributed by atoms with Crippen LogP contribution in [-0.2, 0) is 23.7 Å². The summed E-state index contributed by atoms with van der Waals surface area (Å²) in [6.07, 6.45) is 6.81. The molecule has 2 aromatic carbocycles. The van der Waals surface area contributed by atoms with Gasteiger partial charge in [-0.2, -0.15) is 0 Å². The highest BCUT2D eigenvalue weighted by molar-refractivity contribution is 5.90. The summed E-state index contributed by atoms with van der Waals surface area (Å²) < 4.78 is 24.0. The number of unbranched alkanes of at least 4 members (excludes halogenated alkanes) is 2. The first-order valence-electron chi connectivity index (χ1n) is 13.4. The molecule has 1 saturated carbocycles. The Morgan fingerprint density at radius 3 is 2.39 bits per heavy atom. The summed E-state index contributed by atoms with van der Waals surface area (Å²) in [5.41, 5.74) is 2.08. The molecule has 2 heterocycles. The van der Waals surface area contributed by atoms with E-state index in [4.69, 9.17) is 18.9 Å². The Labute approximate surface area is 213 Å². The van der Waals surface area contributed by atoms with Crippen LogP contribution in [0.15, 0.2) is 54.6 Å². The van der Waals surface area contributed by atoms with Gasteiger partial charge in [0, 0.05) is 25.2 Å². The lowest BCUT2D eigenvalue weighted by Gasteiger charge is -2.33. The highest BCUT2D eigenvalue weighted by Crippen LogP contribution is 2.51. The van der Waals surface area contributed by atoms with Gasteiger partial charge in [-0.3, -0.25) is 4.79 Å². The quantitative estimate of drug-likeness (QED) is 0.296. The van der Waals surface area contributed by atoms with Gasteiger partial charge >= 0.3 is 11.9 Å². The maximum atomic E-state index is 12.9. The van der Waals surface area contributed by atoms with Gasteiger partial charge in [0.1, 0.15) is 11.7 Å². The lowest BCUT2D eigenvalue weighted by Crippen LogP contribution is -2.38. The Kier molecular flexibility index (Phi) is 7.44. The van der Waals surface area contributed by atoms with Crippen LogP contribution in [0.2, 0.25) is 0 Å². The first-order valence-corrected chi connectivity index (χ1v) is 13.4. The molecule has 0 N–H and O–H groups in total. The summed E-state index contributed by atoms with van der Waals surface area (Å²) in [5, 5.41) is 0. The van der Waals surface area contributed by atoms with Crippen LogP contribution >= 0.6 is 0 Å². The second-order valence-corrected chi connectivity index (χ2v) is 10.4. The largest absolute Gasteiger partial charge is 0.459 e. The van der Waals surface area contributed by atoms with Gasteiger partial charge in [-0.1, -0.05) is 62.2 Å². The molecule has 5 rings (SSSR count). The average molecular weight is 493 g/mol. The summed E-state index contributed by atoms with van der Waals surface area (Å²) in [6.45, 7) is 3.39. The van der Waals surface area contributed by atoms with Crippen LogP contribution in [0.5, 0.6) is 0 Å². The van der Waals surface area contributed by atoms with Crippen LogP contribution in [0.1, 0.15) is 75.1 Å². The van der Waals surface area contributed by atoms with Crippen molar-refractivity contribution in [2.75, 3.05) is 13.2 Å². The third-order valence-corrected chi connectivity index (χ3v) is 8.00. The Hall–Kier alpha value is -2.70. The number of ether oxygens (including phenoxy) is 4. The molecule has 3 fully saturated rings. The van der Waals surface area contributed by atoms with Crippen LogP contribution in [-0.4, -0.2) is 42.6 Å². The molecule has 0 bridgehead atoms. The Morgan fingerprint density at radius 2 is 1.67 bits per heavy atom. The first kappa shape index (κ1) is 25.0. The number of hydrogen-bond donors (Lipinski definition) is 0. The predicted octanol–water partition coefficient (Wildman–Crippen LogP) is 6.08. The van der Waals surface area contributed by atoms with Gasteiger partial charge in [0.25, 0.3) is 0 Å². The number of hydrogen-bond acceptors (Lipinski definition) is 6. The van der Waals surface area contributed by atoms with Gasteiger partial charge in [0.2, 0.25) is 0 Å². The van der Waals surface area contributed by atoms with Crippen LogP contribution in [0.4, 0.5) is 0 Å². The molecule has 0 amide bonds. The van der Waals surface area contributed by atoms with Gasteiger partial charge < -0.3 is 18.9 Å². The SMILES string of the molecule is CCCCCC1(CCC23CC(OC(=O)c4ccc(-c5ccccc5)cc4)CC2CC(=O)O3)OCCO1. The van der Waals surface area contributed by atoms with Crippen molar-refractivity contribution in [3.63, 3.8) is 0 Å². The standard InChI is InChI=1S/C30H36O6/c1-2-3-7-14-30(33-17-18-34-30)16-15-29-21-26(19-25(29)20-27(31)36-29)35-28(32)24-12-10-23(11-13-24)22-8-5-4-6-9-22/h4-6,8-13,25-26H,2-3,7,14-21H2,1H3. The number of esters is 2. The molecule has 6 heteroatoms. The highest BCUT2D eigenvalue weighted by atomic mass is 16.7. The maximum absolute atomic E-state index is 12.9. The summed E-state index contributed by atoms with van der Waals surface area (Å²) in [4.78, 5) is 25.2. The van der Waals surface area contributed by atoms with Crippen LogP contribution in [0.25, 0.3) is 11.1 Å². The fourth-order valence-corrected chi connectivity index (χ4v) is 6.08. The van der Waals surface area contributed by atoms with E-state index >= 15 is 0 Å². The topological polar surface area (TPSA) is 71.1 Å². The predicted molar refractivity (Wildman–Crippen MR) is 135 cm³/mol. The summed E-state index contributed by atoms with van der Waals surface area (Å²) in [6, 6.07) is 17.6. The molecule has 2 aliphatic heterocycles. The molecule has 3 unspecified atom stereocenters. The molecule has 0 radical (unpaired) electrons. The molecule has 3 atom stereocenters. The normalized spacial score (nSPS) is 26.5. The highest BCUT2D eigenvalue weighted by Gasteiger charge is 2.57. The van der Waals surface area contributed by atoms with Gasteiger partial charge in [-0.25, -0.2) is 4.79 Å². The monoisotopic (exact) mass is 492 g/mol. The average Bonchev–Trinajstić information content (AvgIpc) is 3.56. The second kappa shape index (κ2) is 10.7. The lowest BCUT2D eigenvalue weighted by molar-refractivity contribution is -0.181. The molecule has 1 aliphatic carbocycles. The van der Waals surface area contributed by atoms with Crippen LogP contribution < -0.4 is 0 Å². The van der Waals surface area contributed by atoms with E-state index in [1.807, 2.05) is 54.6 Å². The maximum Gasteiger partial charge on any atom is 0.338 e. The molecule has 36 heavy (non-hydrogen) atoms. The molecule has 192 valence electrons. The van der Waals surface area contributed by atoms with Crippen LogP contribution in [0, 0.1) is 5.92 Å². The zero-order valence-corrected chi connectivity index (χ0v) is 21.1. The zero-order valence-electron chi connectivity index (χ0n) is 21.1. The van der Waals surface area contributed by atoms with Gasteiger partial charge in [-0.15, -0.1) is 0 Å². The van der Waals surface area contributed by atoms with E-state index in [0.717, 1.165) is 36.8 Å². The summed E-state index contributed by atoms with van der Waals surface area (Å²) >= 11 is 0. The van der Waals surface area contributed by atoms with Crippen molar-refractivity contribution in [3.05, 3.63) is 60.2 Å². The minimum absolute atomic E-state index is 0.0531. The van der Waals surface area contributed by atoms with Gasteiger partial charge in [0.15, 0.2) is 5.79 Å². The second-order valence-electron chi connectivity index (χ2n) is 10.4. The van der Waals surface area contributed by atoms with E-state index in [-0.39, 0.29) is 24.0 Å². The zero-order chi connectivity index (χ0) is 25.0. The minimum Gasteiger partial charge on any atom is -0.459 e. The molecule has 3 aliphatic rings. The van der Waals surface area contributed by atoms with E-state index in [9.17, 15) is 9.59 Å². The molecule has 0 aromatic heterocycles. The third-order valence-electron chi connectivity index (χ3n) is 8.00. The van der Waals surface area contributed by atoms with Crippen molar-refractivity contribution < 1.29 is 28.5 Å². The van der Waals surface area contributed by atoms with E-state index in [1.165, 1.54) is 0 Å². The van der Waals surface area contributed by atoms with E-state index in [1.54, 1.807) is 0 Å². The molecule has 0 spiro atoms.